The minimum atomic E-state index is -3.70. The van der Waals surface area contributed by atoms with Crippen LogP contribution >= 0.6 is 15.9 Å². The molecular weight excluding hydrogens is 342 g/mol. The van der Waals surface area contributed by atoms with Gasteiger partial charge in [0.05, 0.1) is 7.11 Å². The van der Waals surface area contributed by atoms with Crippen LogP contribution in [-0.2, 0) is 10.0 Å². The van der Waals surface area contributed by atoms with Gasteiger partial charge < -0.3 is 4.74 Å². The number of methoxy groups -OCH3 is 1. The summed E-state index contributed by atoms with van der Waals surface area (Å²) < 4.78 is 33.3. The summed E-state index contributed by atoms with van der Waals surface area (Å²) in [4.78, 5) is 0.0985. The van der Waals surface area contributed by atoms with Gasteiger partial charge in [-0.05, 0) is 36.8 Å². The summed E-state index contributed by atoms with van der Waals surface area (Å²) in [7, 11) is -2.25. The Balaban J connectivity index is 2.47. The summed E-state index contributed by atoms with van der Waals surface area (Å²) in [6.07, 6.45) is 0. The van der Waals surface area contributed by atoms with E-state index in [1.54, 1.807) is 36.4 Å². The number of ether oxygens (including phenoxy) is 1. The van der Waals surface area contributed by atoms with Crippen molar-refractivity contribution in [1.29, 1.82) is 0 Å². The number of hydrogen-bond donors (Lipinski definition) is 1. The topological polar surface area (TPSA) is 55.4 Å². The van der Waals surface area contributed by atoms with E-state index in [-0.39, 0.29) is 4.90 Å². The average Bonchev–Trinajstić information content (AvgIpc) is 2.42. The first kappa shape index (κ1) is 14.9. The number of nitrogens with one attached hydrogen (secondary N) is 1. The van der Waals surface area contributed by atoms with Crippen molar-refractivity contribution in [3.05, 3.63) is 52.5 Å². The second-order valence-electron chi connectivity index (χ2n) is 4.22. The maximum atomic E-state index is 12.4. The molecule has 4 nitrogen and oxygen atoms in total. The lowest BCUT2D eigenvalue weighted by molar-refractivity contribution is 0.402. The fourth-order valence-corrected chi connectivity index (χ4v) is 3.45. The Morgan fingerprint density at radius 1 is 1.15 bits per heavy atom. The molecule has 0 fully saturated rings. The van der Waals surface area contributed by atoms with Gasteiger partial charge in [-0.2, -0.15) is 0 Å². The third-order valence-electron chi connectivity index (χ3n) is 2.76. The lowest BCUT2D eigenvalue weighted by Crippen LogP contribution is -2.14. The monoisotopic (exact) mass is 355 g/mol. The molecule has 1 N–H and O–H groups in total. The van der Waals surface area contributed by atoms with E-state index < -0.39 is 10.0 Å². The summed E-state index contributed by atoms with van der Waals surface area (Å²) in [6, 6.07) is 11.9. The van der Waals surface area contributed by atoms with Crippen molar-refractivity contribution in [2.75, 3.05) is 11.8 Å². The summed E-state index contributed by atoms with van der Waals surface area (Å²) in [5.41, 5.74) is 1.41. The van der Waals surface area contributed by atoms with E-state index in [0.29, 0.717) is 15.9 Å². The van der Waals surface area contributed by atoms with Crippen LogP contribution in [0.5, 0.6) is 5.75 Å². The molecule has 0 saturated carbocycles. The number of anilines is 1. The SMILES string of the molecule is COc1cc(C)c(Br)cc1S(=O)(=O)Nc1ccccc1. The Hall–Kier alpha value is -1.53. The molecule has 0 aliphatic carbocycles. The van der Waals surface area contributed by atoms with Gasteiger partial charge in [0.2, 0.25) is 0 Å². The predicted molar refractivity (Wildman–Crippen MR) is 82.7 cm³/mol. The fraction of sp³-hybridized carbons (Fsp3) is 0.143. The normalized spacial score (nSPS) is 11.2. The molecule has 0 amide bonds. The van der Waals surface area contributed by atoms with Crippen molar-refractivity contribution in [1.82, 2.24) is 0 Å². The average molecular weight is 356 g/mol. The second kappa shape index (κ2) is 5.85. The maximum Gasteiger partial charge on any atom is 0.265 e. The number of aryl methyl sites for hydroxylation is 1. The molecule has 0 heterocycles. The van der Waals surface area contributed by atoms with Crippen molar-refractivity contribution in [3.63, 3.8) is 0 Å². The highest BCUT2D eigenvalue weighted by molar-refractivity contribution is 9.10. The molecule has 0 radical (unpaired) electrons. The molecule has 6 heteroatoms. The van der Waals surface area contributed by atoms with Gasteiger partial charge in [-0.1, -0.05) is 34.1 Å². The van der Waals surface area contributed by atoms with Crippen molar-refractivity contribution in [3.8, 4) is 5.75 Å². The first-order valence-corrected chi connectivity index (χ1v) is 8.13. The minimum Gasteiger partial charge on any atom is -0.495 e. The summed E-state index contributed by atoms with van der Waals surface area (Å²) in [6.45, 7) is 1.87. The van der Waals surface area contributed by atoms with Crippen molar-refractivity contribution >= 4 is 31.6 Å². The fourth-order valence-electron chi connectivity index (χ4n) is 1.72. The molecule has 0 atom stereocenters. The maximum absolute atomic E-state index is 12.4. The number of hydrogen-bond acceptors (Lipinski definition) is 3. The van der Waals surface area contributed by atoms with Gasteiger partial charge in [0.15, 0.2) is 0 Å². The molecule has 2 rings (SSSR count). The summed E-state index contributed by atoms with van der Waals surface area (Å²) in [5, 5.41) is 0. The highest BCUT2D eigenvalue weighted by atomic mass is 79.9. The number of rotatable bonds is 4. The van der Waals surface area contributed by atoms with E-state index >= 15 is 0 Å². The van der Waals surface area contributed by atoms with E-state index in [2.05, 4.69) is 20.7 Å². The van der Waals surface area contributed by atoms with Crippen molar-refractivity contribution < 1.29 is 13.2 Å². The molecular formula is C14H14BrNO3S. The molecule has 0 aliphatic heterocycles. The van der Waals surface area contributed by atoms with E-state index in [4.69, 9.17) is 4.74 Å². The molecule has 0 aromatic heterocycles. The van der Waals surface area contributed by atoms with Crippen LogP contribution in [0.3, 0.4) is 0 Å². The summed E-state index contributed by atoms with van der Waals surface area (Å²) in [5.74, 6) is 0.314. The van der Waals surface area contributed by atoms with Crippen LogP contribution in [-0.4, -0.2) is 15.5 Å². The van der Waals surface area contributed by atoms with Crippen LogP contribution < -0.4 is 9.46 Å². The number of sulfonamides is 1. The zero-order valence-corrected chi connectivity index (χ0v) is 13.5. The smallest absolute Gasteiger partial charge is 0.265 e. The molecule has 0 saturated heterocycles. The Morgan fingerprint density at radius 2 is 1.80 bits per heavy atom. The van der Waals surface area contributed by atoms with E-state index in [1.807, 2.05) is 13.0 Å². The van der Waals surface area contributed by atoms with Gasteiger partial charge in [0, 0.05) is 10.2 Å². The number of halogens is 1. The lowest BCUT2D eigenvalue weighted by Gasteiger charge is -2.13. The van der Waals surface area contributed by atoms with Crippen LogP contribution in [0.2, 0.25) is 0 Å². The highest BCUT2D eigenvalue weighted by Crippen LogP contribution is 2.31. The Bertz CT molecular complexity index is 715. The number of benzene rings is 2. The molecule has 2 aromatic carbocycles. The van der Waals surface area contributed by atoms with Gasteiger partial charge >= 0.3 is 0 Å². The zero-order chi connectivity index (χ0) is 14.8. The standard InChI is InChI=1S/C14H14BrNO3S/c1-10-8-13(19-2)14(9-12(10)15)20(17,18)16-11-6-4-3-5-7-11/h3-9,16H,1-2H3. The molecule has 0 aliphatic rings. The van der Waals surface area contributed by atoms with E-state index in [0.717, 1.165) is 5.56 Å². The Morgan fingerprint density at radius 3 is 2.40 bits per heavy atom. The predicted octanol–water partition coefficient (Wildman–Crippen LogP) is 3.57. The Labute approximate surface area is 127 Å². The second-order valence-corrected chi connectivity index (χ2v) is 6.73. The molecule has 2 aromatic rings. The van der Waals surface area contributed by atoms with E-state index in [9.17, 15) is 8.42 Å². The molecule has 20 heavy (non-hydrogen) atoms. The molecule has 0 bridgehead atoms. The largest absolute Gasteiger partial charge is 0.495 e. The van der Waals surface area contributed by atoms with Gasteiger partial charge in [0.1, 0.15) is 10.6 Å². The van der Waals surface area contributed by atoms with Crippen molar-refractivity contribution in [2.45, 2.75) is 11.8 Å². The van der Waals surface area contributed by atoms with Gasteiger partial charge in [-0.3, -0.25) is 4.72 Å². The summed E-state index contributed by atoms with van der Waals surface area (Å²) >= 11 is 3.34. The lowest BCUT2D eigenvalue weighted by atomic mass is 10.2. The van der Waals surface area contributed by atoms with Crippen LogP contribution in [0.4, 0.5) is 5.69 Å². The van der Waals surface area contributed by atoms with Crippen LogP contribution in [0.25, 0.3) is 0 Å². The van der Waals surface area contributed by atoms with Crippen LogP contribution in [0.1, 0.15) is 5.56 Å². The molecule has 0 spiro atoms. The van der Waals surface area contributed by atoms with Crippen LogP contribution in [0.15, 0.2) is 51.8 Å². The van der Waals surface area contributed by atoms with Gasteiger partial charge in [-0.15, -0.1) is 0 Å². The first-order valence-electron chi connectivity index (χ1n) is 5.86. The Kier molecular flexibility index (Phi) is 4.35. The quantitative estimate of drug-likeness (QED) is 0.911. The highest BCUT2D eigenvalue weighted by Gasteiger charge is 2.21. The van der Waals surface area contributed by atoms with Crippen molar-refractivity contribution in [2.24, 2.45) is 0 Å². The third-order valence-corrected chi connectivity index (χ3v) is 5.02. The number of para-hydroxylation sites is 1. The molecule has 106 valence electrons. The van der Waals surface area contributed by atoms with Crippen LogP contribution in [0, 0.1) is 6.92 Å². The zero-order valence-electron chi connectivity index (χ0n) is 11.1. The molecule has 0 unspecified atom stereocenters. The third kappa shape index (κ3) is 3.13. The minimum absolute atomic E-state index is 0.0985. The first-order chi connectivity index (χ1) is 9.44. The van der Waals surface area contributed by atoms with Gasteiger partial charge in [0.25, 0.3) is 10.0 Å². The van der Waals surface area contributed by atoms with E-state index in [1.165, 1.54) is 7.11 Å². The van der Waals surface area contributed by atoms with Gasteiger partial charge in [-0.25, -0.2) is 8.42 Å².